The zero-order valence-electron chi connectivity index (χ0n) is 13.3. The van der Waals surface area contributed by atoms with E-state index >= 15 is 0 Å². The molecule has 5 nitrogen and oxygen atoms in total. The second-order valence-electron chi connectivity index (χ2n) is 5.62. The highest BCUT2D eigenvalue weighted by molar-refractivity contribution is 5.90. The minimum atomic E-state index is -0.174. The summed E-state index contributed by atoms with van der Waals surface area (Å²) in [6.45, 7) is 8.58. The molecule has 0 aliphatic rings. The molecule has 0 saturated heterocycles. The highest BCUT2D eigenvalue weighted by Gasteiger charge is 2.12. The van der Waals surface area contributed by atoms with Gasteiger partial charge in [0.25, 0.3) is 0 Å². The van der Waals surface area contributed by atoms with E-state index in [0.717, 1.165) is 6.42 Å². The molecular weight excluding hydrogens is 268 g/mol. The first kappa shape index (κ1) is 17.5. The summed E-state index contributed by atoms with van der Waals surface area (Å²) in [5, 5.41) is 12.8. The lowest BCUT2D eigenvalue weighted by molar-refractivity contribution is -0.116. The summed E-state index contributed by atoms with van der Waals surface area (Å²) in [5.41, 5.74) is 4.27. The van der Waals surface area contributed by atoms with E-state index < -0.39 is 0 Å². The van der Waals surface area contributed by atoms with Crippen molar-refractivity contribution in [2.24, 2.45) is 5.92 Å². The van der Waals surface area contributed by atoms with Gasteiger partial charge in [-0.2, -0.15) is 5.48 Å². The molecule has 21 heavy (non-hydrogen) atoms. The number of phenols is 1. The van der Waals surface area contributed by atoms with Crippen molar-refractivity contribution in [2.75, 3.05) is 11.9 Å². The molecule has 1 aromatic rings. The van der Waals surface area contributed by atoms with Crippen LogP contribution in [0.4, 0.5) is 5.69 Å². The number of rotatable bonds is 8. The van der Waals surface area contributed by atoms with E-state index in [2.05, 4.69) is 24.6 Å². The van der Waals surface area contributed by atoms with Crippen LogP contribution in [-0.4, -0.2) is 17.6 Å². The van der Waals surface area contributed by atoms with Gasteiger partial charge in [0.1, 0.15) is 5.75 Å². The maximum atomic E-state index is 11.6. The summed E-state index contributed by atoms with van der Waals surface area (Å²) in [6, 6.07) is 4.86. The van der Waals surface area contributed by atoms with Crippen LogP contribution in [0.5, 0.6) is 5.75 Å². The van der Waals surface area contributed by atoms with Crippen LogP contribution in [-0.2, 0) is 9.63 Å². The molecule has 0 aliphatic carbocycles. The van der Waals surface area contributed by atoms with E-state index in [1.807, 2.05) is 13.8 Å². The highest BCUT2D eigenvalue weighted by Crippen LogP contribution is 2.27. The molecule has 1 atom stereocenters. The fraction of sp³-hybridized carbons (Fsp3) is 0.562. The first-order chi connectivity index (χ1) is 9.93. The largest absolute Gasteiger partial charge is 0.508 e. The topological polar surface area (TPSA) is 70.6 Å². The molecule has 0 aliphatic heterocycles. The molecule has 1 unspecified atom stereocenters. The minimum absolute atomic E-state index is 0.0224. The third-order valence-corrected chi connectivity index (χ3v) is 2.93. The van der Waals surface area contributed by atoms with E-state index in [-0.39, 0.29) is 17.7 Å². The summed E-state index contributed by atoms with van der Waals surface area (Å²) < 4.78 is 0. The molecule has 118 valence electrons. The lowest BCUT2D eigenvalue weighted by atomic mass is 10.1. The number of nitrogens with one attached hydrogen (secondary N) is 2. The van der Waals surface area contributed by atoms with Crippen molar-refractivity contribution in [3.8, 4) is 5.75 Å². The van der Waals surface area contributed by atoms with Gasteiger partial charge in [-0.25, -0.2) is 0 Å². The van der Waals surface area contributed by atoms with Gasteiger partial charge in [0.2, 0.25) is 5.91 Å². The standard InChI is InChI=1S/C16H26N2O3/c1-5-6-16(20)17-13-7-8-15(19)14(9-13)12(4)18-21-10-11(2)3/h7-9,11-12,18-19H,5-6,10H2,1-4H3,(H,17,20). The summed E-state index contributed by atoms with van der Waals surface area (Å²) >= 11 is 0. The molecular formula is C16H26N2O3. The van der Waals surface area contributed by atoms with E-state index in [1.165, 1.54) is 0 Å². The van der Waals surface area contributed by atoms with Crippen LogP contribution >= 0.6 is 0 Å². The second-order valence-corrected chi connectivity index (χ2v) is 5.62. The minimum Gasteiger partial charge on any atom is -0.508 e. The summed E-state index contributed by atoms with van der Waals surface area (Å²) in [6.07, 6.45) is 1.29. The normalized spacial score (nSPS) is 12.4. The molecule has 0 aromatic heterocycles. The quantitative estimate of drug-likeness (QED) is 0.508. The monoisotopic (exact) mass is 294 g/mol. The van der Waals surface area contributed by atoms with Crippen molar-refractivity contribution in [1.82, 2.24) is 5.48 Å². The van der Waals surface area contributed by atoms with Crippen LogP contribution in [0.3, 0.4) is 0 Å². The summed E-state index contributed by atoms with van der Waals surface area (Å²) in [4.78, 5) is 17.0. The lowest BCUT2D eigenvalue weighted by Gasteiger charge is -2.17. The van der Waals surface area contributed by atoms with Gasteiger partial charge in [-0.15, -0.1) is 0 Å². The molecule has 0 saturated carbocycles. The molecule has 0 heterocycles. The maximum absolute atomic E-state index is 11.6. The number of benzene rings is 1. The Hall–Kier alpha value is -1.59. The third kappa shape index (κ3) is 6.14. The van der Waals surface area contributed by atoms with Crippen LogP contribution in [0.1, 0.15) is 52.1 Å². The average molecular weight is 294 g/mol. The van der Waals surface area contributed by atoms with E-state index in [0.29, 0.717) is 30.2 Å². The molecule has 1 amide bonds. The third-order valence-electron chi connectivity index (χ3n) is 2.93. The number of hydrogen-bond donors (Lipinski definition) is 3. The zero-order valence-corrected chi connectivity index (χ0v) is 13.3. The van der Waals surface area contributed by atoms with E-state index in [4.69, 9.17) is 4.84 Å². The van der Waals surface area contributed by atoms with Crippen LogP contribution in [0.2, 0.25) is 0 Å². The van der Waals surface area contributed by atoms with Gasteiger partial charge in [0, 0.05) is 17.7 Å². The predicted octanol–water partition coefficient (Wildman–Crippen LogP) is 3.37. The molecule has 1 rings (SSSR count). The maximum Gasteiger partial charge on any atom is 0.224 e. The Kier molecular flexibility index (Phi) is 7.19. The number of aromatic hydroxyl groups is 1. The first-order valence-electron chi connectivity index (χ1n) is 7.44. The van der Waals surface area contributed by atoms with Gasteiger partial charge < -0.3 is 15.3 Å². The Bertz CT molecular complexity index is 461. The fourth-order valence-corrected chi connectivity index (χ4v) is 1.83. The molecule has 0 spiro atoms. The van der Waals surface area contributed by atoms with Crippen LogP contribution in [0.25, 0.3) is 0 Å². The van der Waals surface area contributed by atoms with Crippen LogP contribution in [0.15, 0.2) is 18.2 Å². The number of hydroxylamine groups is 1. The number of carbonyl (C=O) groups is 1. The molecule has 5 heteroatoms. The number of phenolic OH excluding ortho intramolecular Hbond substituents is 1. The fourth-order valence-electron chi connectivity index (χ4n) is 1.83. The molecule has 0 fully saturated rings. The van der Waals surface area contributed by atoms with E-state index in [9.17, 15) is 9.90 Å². The average Bonchev–Trinajstić information content (AvgIpc) is 2.40. The van der Waals surface area contributed by atoms with E-state index in [1.54, 1.807) is 18.2 Å². The SMILES string of the molecule is CCCC(=O)Nc1ccc(O)c(C(C)NOCC(C)C)c1. The van der Waals surface area contributed by atoms with Gasteiger partial charge >= 0.3 is 0 Å². The lowest BCUT2D eigenvalue weighted by Crippen LogP contribution is -2.22. The van der Waals surface area contributed by atoms with Crippen molar-refractivity contribution in [3.05, 3.63) is 23.8 Å². The Morgan fingerprint density at radius 2 is 2.05 bits per heavy atom. The number of hydrogen-bond acceptors (Lipinski definition) is 4. The number of carbonyl (C=O) groups excluding carboxylic acids is 1. The predicted molar refractivity (Wildman–Crippen MR) is 84.0 cm³/mol. The first-order valence-corrected chi connectivity index (χ1v) is 7.44. The molecule has 1 aromatic carbocycles. The van der Waals surface area contributed by atoms with Gasteiger partial charge in [-0.1, -0.05) is 20.8 Å². The zero-order chi connectivity index (χ0) is 15.8. The number of amides is 1. The van der Waals surface area contributed by atoms with Gasteiger partial charge in [-0.05, 0) is 37.5 Å². The van der Waals surface area contributed by atoms with Gasteiger partial charge in [0.05, 0.1) is 12.6 Å². The Balaban J connectivity index is 2.70. The summed E-state index contributed by atoms with van der Waals surface area (Å²) in [7, 11) is 0. The van der Waals surface area contributed by atoms with Crippen molar-refractivity contribution in [3.63, 3.8) is 0 Å². The van der Waals surface area contributed by atoms with Crippen LogP contribution in [0, 0.1) is 5.92 Å². The van der Waals surface area contributed by atoms with Crippen molar-refractivity contribution in [2.45, 2.75) is 46.6 Å². The molecule has 0 bridgehead atoms. The Morgan fingerprint density at radius 3 is 2.67 bits per heavy atom. The molecule has 0 radical (unpaired) electrons. The van der Waals surface area contributed by atoms with Gasteiger partial charge in [-0.3, -0.25) is 4.79 Å². The van der Waals surface area contributed by atoms with Gasteiger partial charge in [0.15, 0.2) is 0 Å². The van der Waals surface area contributed by atoms with Crippen LogP contribution < -0.4 is 10.8 Å². The Morgan fingerprint density at radius 1 is 1.33 bits per heavy atom. The van der Waals surface area contributed by atoms with Crippen molar-refractivity contribution < 1.29 is 14.7 Å². The Labute approximate surface area is 126 Å². The highest BCUT2D eigenvalue weighted by atomic mass is 16.6. The summed E-state index contributed by atoms with van der Waals surface area (Å²) in [5.74, 6) is 0.584. The van der Waals surface area contributed by atoms with Crippen molar-refractivity contribution >= 4 is 11.6 Å². The molecule has 3 N–H and O–H groups in total. The number of anilines is 1. The van der Waals surface area contributed by atoms with Crippen molar-refractivity contribution in [1.29, 1.82) is 0 Å². The smallest absolute Gasteiger partial charge is 0.224 e. The second kappa shape index (κ2) is 8.64.